The molecule has 30 heavy (non-hydrogen) atoms. The van der Waals surface area contributed by atoms with Crippen molar-refractivity contribution < 1.29 is 26.4 Å². The summed E-state index contributed by atoms with van der Waals surface area (Å²) in [4.78, 5) is 12.3. The summed E-state index contributed by atoms with van der Waals surface area (Å²) in [5.41, 5.74) is -0.989. The summed E-state index contributed by atoms with van der Waals surface area (Å²) in [7, 11) is -4.03. The zero-order valence-electron chi connectivity index (χ0n) is 17.0. The van der Waals surface area contributed by atoms with Crippen molar-refractivity contribution in [3.63, 3.8) is 0 Å². The van der Waals surface area contributed by atoms with Gasteiger partial charge in [0.2, 0.25) is 15.9 Å². The van der Waals surface area contributed by atoms with Crippen LogP contribution in [0, 0.1) is 5.92 Å². The number of hydrogen-bond acceptors (Lipinski definition) is 3. The second-order valence-electron chi connectivity index (χ2n) is 8.25. The molecule has 1 aliphatic heterocycles. The lowest BCUT2D eigenvalue weighted by atomic mass is 9.94. The van der Waals surface area contributed by atoms with Gasteiger partial charge in [-0.05, 0) is 43.9 Å². The molecule has 1 heterocycles. The van der Waals surface area contributed by atoms with E-state index in [4.69, 9.17) is 0 Å². The van der Waals surface area contributed by atoms with Gasteiger partial charge in [0, 0.05) is 25.0 Å². The second-order valence-corrected chi connectivity index (χ2v) is 10.2. The minimum atomic E-state index is -4.60. The summed E-state index contributed by atoms with van der Waals surface area (Å²) in [6.07, 6.45) is 3.96. The van der Waals surface area contributed by atoms with Crippen LogP contribution in [0.5, 0.6) is 0 Å². The highest BCUT2D eigenvalue weighted by atomic mass is 32.2. The maximum atomic E-state index is 12.9. The smallest absolute Gasteiger partial charge is 0.353 e. The maximum Gasteiger partial charge on any atom is 0.416 e. The molecule has 0 unspecified atom stereocenters. The maximum absolute atomic E-state index is 12.9. The Morgan fingerprint density at radius 3 is 2.17 bits per heavy atom. The second kappa shape index (κ2) is 9.68. The predicted molar refractivity (Wildman–Crippen MR) is 107 cm³/mol. The van der Waals surface area contributed by atoms with Crippen molar-refractivity contribution in [2.24, 2.45) is 5.92 Å². The molecule has 0 atom stereocenters. The fraction of sp³-hybridized carbons (Fsp3) is 0.667. The van der Waals surface area contributed by atoms with Crippen molar-refractivity contribution in [2.75, 3.05) is 13.1 Å². The van der Waals surface area contributed by atoms with Crippen LogP contribution in [-0.4, -0.2) is 37.8 Å². The van der Waals surface area contributed by atoms with Gasteiger partial charge in [-0.1, -0.05) is 38.2 Å². The molecule has 0 aromatic heterocycles. The molecule has 1 aliphatic carbocycles. The number of hydrogen-bond donors (Lipinski definition) is 1. The molecule has 0 bridgehead atoms. The number of halogens is 3. The highest BCUT2D eigenvalue weighted by Crippen LogP contribution is 2.32. The number of amides is 1. The van der Waals surface area contributed by atoms with Gasteiger partial charge in [0.15, 0.2) is 0 Å². The summed E-state index contributed by atoms with van der Waals surface area (Å²) in [5.74, 6) is -0.292. The van der Waals surface area contributed by atoms with Crippen LogP contribution in [0.15, 0.2) is 29.2 Å². The molecule has 1 saturated heterocycles. The highest BCUT2D eigenvalue weighted by molar-refractivity contribution is 7.89. The van der Waals surface area contributed by atoms with Crippen LogP contribution in [0.3, 0.4) is 0 Å². The zero-order valence-corrected chi connectivity index (χ0v) is 17.8. The first-order chi connectivity index (χ1) is 14.2. The Balaban J connectivity index is 1.58. The van der Waals surface area contributed by atoms with Gasteiger partial charge in [-0.25, -0.2) is 8.42 Å². The molecular weight excluding hydrogens is 417 g/mol. The highest BCUT2D eigenvalue weighted by Gasteiger charge is 2.35. The molecule has 1 aromatic carbocycles. The number of nitrogens with one attached hydrogen (secondary N) is 1. The van der Waals surface area contributed by atoms with E-state index in [1.807, 2.05) is 0 Å². The standard InChI is InChI=1S/C21H29F3N2O3S/c22-21(23,24)17-7-6-10-19(15-17)30(28,29)26-13-11-16(12-14-26)20(27)25-18-8-4-2-1-3-5-9-18/h6-7,10,15-16,18H,1-5,8-9,11-14H2,(H,25,27). The van der Waals surface area contributed by atoms with Gasteiger partial charge in [-0.3, -0.25) is 4.79 Å². The number of benzene rings is 1. The Kier molecular flexibility index (Phi) is 7.44. The van der Waals surface area contributed by atoms with Crippen LogP contribution in [0.25, 0.3) is 0 Å². The van der Waals surface area contributed by atoms with Gasteiger partial charge in [-0.15, -0.1) is 0 Å². The van der Waals surface area contributed by atoms with Gasteiger partial charge >= 0.3 is 6.18 Å². The van der Waals surface area contributed by atoms with E-state index in [1.165, 1.54) is 29.6 Å². The van der Waals surface area contributed by atoms with Crippen LogP contribution < -0.4 is 5.32 Å². The van der Waals surface area contributed by atoms with Crippen LogP contribution in [0.4, 0.5) is 13.2 Å². The average Bonchev–Trinajstić information content (AvgIpc) is 2.69. The lowest BCUT2D eigenvalue weighted by Crippen LogP contribution is -2.45. The molecule has 2 fully saturated rings. The first-order valence-corrected chi connectivity index (χ1v) is 12.1. The fourth-order valence-electron chi connectivity index (χ4n) is 4.26. The Bertz CT molecular complexity index is 826. The monoisotopic (exact) mass is 446 g/mol. The first kappa shape index (κ1) is 23.1. The third kappa shape index (κ3) is 5.75. The third-order valence-corrected chi connectivity index (χ3v) is 7.97. The quantitative estimate of drug-likeness (QED) is 0.749. The Hall–Kier alpha value is -1.61. The van der Waals surface area contributed by atoms with Crippen molar-refractivity contribution in [3.8, 4) is 0 Å². The van der Waals surface area contributed by atoms with E-state index in [0.29, 0.717) is 18.9 Å². The predicted octanol–water partition coefficient (Wildman–Crippen LogP) is 4.34. The molecule has 1 N–H and O–H groups in total. The van der Waals surface area contributed by atoms with Gasteiger partial charge in [0.05, 0.1) is 10.5 Å². The van der Waals surface area contributed by atoms with Crippen LogP contribution in [0.1, 0.15) is 63.4 Å². The average molecular weight is 447 g/mol. The van der Waals surface area contributed by atoms with Crippen molar-refractivity contribution in [1.82, 2.24) is 9.62 Å². The van der Waals surface area contributed by atoms with E-state index in [9.17, 15) is 26.4 Å². The zero-order chi connectivity index (χ0) is 21.8. The SMILES string of the molecule is O=C(NC1CCCCCCC1)C1CCN(S(=O)(=O)c2cccc(C(F)(F)F)c2)CC1. The molecule has 1 saturated carbocycles. The first-order valence-electron chi connectivity index (χ1n) is 10.7. The molecule has 9 heteroatoms. The van der Waals surface area contributed by atoms with E-state index in [-0.39, 0.29) is 35.9 Å². The van der Waals surface area contributed by atoms with Crippen LogP contribution >= 0.6 is 0 Å². The topological polar surface area (TPSA) is 66.5 Å². The lowest BCUT2D eigenvalue weighted by molar-refractivity contribution is -0.137. The van der Waals surface area contributed by atoms with E-state index < -0.39 is 21.8 Å². The summed E-state index contributed by atoms with van der Waals surface area (Å²) < 4.78 is 65.5. The van der Waals surface area contributed by atoms with Crippen molar-refractivity contribution in [2.45, 2.75) is 74.9 Å². The molecule has 2 aliphatic rings. The Morgan fingerprint density at radius 1 is 0.967 bits per heavy atom. The third-order valence-electron chi connectivity index (χ3n) is 6.08. The molecule has 1 amide bonds. The van der Waals surface area contributed by atoms with Gasteiger partial charge in [0.25, 0.3) is 0 Å². The molecule has 168 valence electrons. The number of rotatable bonds is 4. The number of carbonyl (C=O) groups is 1. The molecular formula is C21H29F3N2O3S. The van der Waals surface area contributed by atoms with Crippen molar-refractivity contribution >= 4 is 15.9 Å². The number of nitrogens with zero attached hydrogens (tertiary/aromatic N) is 1. The van der Waals surface area contributed by atoms with E-state index >= 15 is 0 Å². The molecule has 1 aromatic rings. The van der Waals surface area contributed by atoms with E-state index in [0.717, 1.165) is 37.8 Å². The van der Waals surface area contributed by atoms with Crippen molar-refractivity contribution in [3.05, 3.63) is 29.8 Å². The van der Waals surface area contributed by atoms with Gasteiger partial charge in [0.1, 0.15) is 0 Å². The molecule has 0 spiro atoms. The van der Waals surface area contributed by atoms with Gasteiger partial charge in [-0.2, -0.15) is 17.5 Å². The molecule has 0 radical (unpaired) electrons. The van der Waals surface area contributed by atoms with Gasteiger partial charge < -0.3 is 5.32 Å². The summed E-state index contributed by atoms with van der Waals surface area (Å²) in [5, 5.41) is 3.13. The Morgan fingerprint density at radius 2 is 1.57 bits per heavy atom. The summed E-state index contributed by atoms with van der Waals surface area (Å²) >= 11 is 0. The number of sulfonamides is 1. The number of alkyl halides is 3. The number of piperidine rings is 1. The van der Waals surface area contributed by atoms with E-state index in [1.54, 1.807) is 0 Å². The summed E-state index contributed by atoms with van der Waals surface area (Å²) in [6.45, 7) is 0.253. The molecule has 3 rings (SSSR count). The normalized spacial score (nSPS) is 21.0. The van der Waals surface area contributed by atoms with Crippen molar-refractivity contribution in [1.29, 1.82) is 0 Å². The minimum absolute atomic E-state index is 0.0308. The molecule has 5 nitrogen and oxygen atoms in total. The summed E-state index contributed by atoms with van der Waals surface area (Å²) in [6, 6.07) is 3.99. The largest absolute Gasteiger partial charge is 0.416 e. The minimum Gasteiger partial charge on any atom is -0.353 e. The number of carbonyl (C=O) groups excluding carboxylic acids is 1. The fourth-order valence-corrected chi connectivity index (χ4v) is 5.78. The van der Waals surface area contributed by atoms with E-state index in [2.05, 4.69) is 5.32 Å². The van der Waals surface area contributed by atoms with Crippen LogP contribution in [-0.2, 0) is 21.0 Å². The Labute approximate surface area is 176 Å². The van der Waals surface area contributed by atoms with Crippen LogP contribution in [0.2, 0.25) is 0 Å². The lowest BCUT2D eigenvalue weighted by Gasteiger charge is -2.32.